The van der Waals surface area contributed by atoms with Crippen LogP contribution in [-0.2, 0) is 0 Å². The molecular formula is C21H21N5O3. The van der Waals surface area contributed by atoms with Gasteiger partial charge in [0.25, 0.3) is 0 Å². The lowest BCUT2D eigenvalue weighted by Crippen LogP contribution is -2.14. The van der Waals surface area contributed by atoms with Gasteiger partial charge in [-0.15, -0.1) is 0 Å². The van der Waals surface area contributed by atoms with Crippen molar-refractivity contribution in [1.29, 1.82) is 0 Å². The second-order valence-corrected chi connectivity index (χ2v) is 6.15. The number of hydrogen-bond donors (Lipinski definition) is 1. The van der Waals surface area contributed by atoms with Crippen molar-refractivity contribution in [3.05, 3.63) is 61.2 Å². The lowest BCUT2D eigenvalue weighted by atomic mass is 10.2. The first-order valence-electron chi connectivity index (χ1n) is 9.12. The molecule has 0 unspecified atom stereocenters. The summed E-state index contributed by atoms with van der Waals surface area (Å²) in [6.45, 7) is 1.06. The summed E-state index contributed by atoms with van der Waals surface area (Å²) < 4.78 is 18.4. The number of nitrogens with zero attached hydrogens (tertiary/aromatic N) is 4. The molecule has 0 spiro atoms. The monoisotopic (exact) mass is 391 g/mol. The number of benzene rings is 2. The summed E-state index contributed by atoms with van der Waals surface area (Å²) in [5.41, 5.74) is 0.729. The van der Waals surface area contributed by atoms with Gasteiger partial charge in [-0.2, -0.15) is 4.98 Å². The Balaban J connectivity index is 1.64. The zero-order valence-electron chi connectivity index (χ0n) is 16.2. The predicted molar refractivity (Wildman–Crippen MR) is 110 cm³/mol. The van der Waals surface area contributed by atoms with Crippen LogP contribution in [0, 0.1) is 0 Å². The Labute approximate surface area is 168 Å². The van der Waals surface area contributed by atoms with Crippen LogP contribution in [0.15, 0.2) is 61.2 Å². The minimum absolute atomic E-state index is 0.489. The molecule has 8 nitrogen and oxygen atoms in total. The highest BCUT2D eigenvalue weighted by Gasteiger charge is 2.14. The second kappa shape index (κ2) is 8.47. The van der Waals surface area contributed by atoms with Crippen LogP contribution < -0.4 is 19.5 Å². The summed E-state index contributed by atoms with van der Waals surface area (Å²) in [7, 11) is 3.20. The van der Waals surface area contributed by atoms with Crippen LogP contribution in [0.4, 0.5) is 5.82 Å². The normalized spacial score (nSPS) is 10.7. The summed E-state index contributed by atoms with van der Waals surface area (Å²) in [5.74, 6) is 3.23. The van der Waals surface area contributed by atoms with Gasteiger partial charge in [0, 0.05) is 23.8 Å². The molecule has 1 N–H and O–H groups in total. The SMILES string of the molecule is COc1cc2nc(-n3ccnc3)nc(NCCOc3ccccc3)c2cc1OC. The number of nitrogens with one attached hydrogen (secondary N) is 1. The van der Waals surface area contributed by atoms with Gasteiger partial charge in [0.15, 0.2) is 11.5 Å². The largest absolute Gasteiger partial charge is 0.493 e. The van der Waals surface area contributed by atoms with Crippen LogP contribution in [0.5, 0.6) is 17.2 Å². The average molecular weight is 391 g/mol. The maximum atomic E-state index is 5.76. The molecule has 29 heavy (non-hydrogen) atoms. The first-order valence-corrected chi connectivity index (χ1v) is 9.12. The summed E-state index contributed by atoms with van der Waals surface area (Å²) >= 11 is 0. The van der Waals surface area contributed by atoms with E-state index in [9.17, 15) is 0 Å². The van der Waals surface area contributed by atoms with E-state index in [0.717, 1.165) is 16.7 Å². The maximum absolute atomic E-state index is 5.76. The van der Waals surface area contributed by atoms with E-state index >= 15 is 0 Å². The molecule has 2 heterocycles. The number of ether oxygens (including phenoxy) is 3. The zero-order valence-corrected chi connectivity index (χ0v) is 16.2. The van der Waals surface area contributed by atoms with Gasteiger partial charge in [-0.3, -0.25) is 4.57 Å². The topological polar surface area (TPSA) is 83.3 Å². The molecule has 0 atom stereocenters. The molecule has 4 aromatic rings. The van der Waals surface area contributed by atoms with Crippen molar-refractivity contribution in [3.63, 3.8) is 0 Å². The van der Waals surface area contributed by atoms with Crippen molar-refractivity contribution < 1.29 is 14.2 Å². The summed E-state index contributed by atoms with van der Waals surface area (Å²) in [6, 6.07) is 13.4. The quantitative estimate of drug-likeness (QED) is 0.461. The summed E-state index contributed by atoms with van der Waals surface area (Å²) in [4.78, 5) is 13.4. The van der Waals surface area contributed by atoms with E-state index in [2.05, 4.69) is 20.3 Å². The van der Waals surface area contributed by atoms with Gasteiger partial charge < -0.3 is 19.5 Å². The Morgan fingerprint density at radius 1 is 1.00 bits per heavy atom. The number of hydrogen-bond acceptors (Lipinski definition) is 7. The first-order chi connectivity index (χ1) is 14.3. The standard InChI is InChI=1S/C21H21N5O3/c1-27-18-12-16-17(13-19(18)28-2)24-21(26-10-8-22-14-26)25-20(16)23-9-11-29-15-6-4-3-5-7-15/h3-8,10,12-14H,9,11H2,1-2H3,(H,23,24,25). The third-order valence-corrected chi connectivity index (χ3v) is 4.33. The van der Waals surface area contributed by atoms with Gasteiger partial charge in [0.05, 0.1) is 26.3 Å². The Morgan fingerprint density at radius 2 is 1.79 bits per heavy atom. The number of imidazole rings is 1. The van der Waals surface area contributed by atoms with Crippen molar-refractivity contribution in [2.75, 3.05) is 32.7 Å². The highest BCUT2D eigenvalue weighted by molar-refractivity contribution is 5.92. The number of anilines is 1. The first kappa shape index (κ1) is 18.5. The van der Waals surface area contributed by atoms with Crippen molar-refractivity contribution in [2.24, 2.45) is 0 Å². The molecule has 0 amide bonds. The van der Waals surface area contributed by atoms with E-state index in [-0.39, 0.29) is 0 Å². The molecule has 0 radical (unpaired) electrons. The van der Waals surface area contributed by atoms with Gasteiger partial charge in [0.2, 0.25) is 5.95 Å². The van der Waals surface area contributed by atoms with E-state index in [1.54, 1.807) is 37.5 Å². The fourth-order valence-corrected chi connectivity index (χ4v) is 2.93. The molecule has 0 saturated carbocycles. The Hall–Kier alpha value is -3.81. The van der Waals surface area contributed by atoms with Crippen molar-refractivity contribution in [2.45, 2.75) is 0 Å². The minimum Gasteiger partial charge on any atom is -0.493 e. The third-order valence-electron chi connectivity index (χ3n) is 4.33. The van der Waals surface area contributed by atoms with Crippen molar-refractivity contribution in [3.8, 4) is 23.2 Å². The Bertz CT molecular complexity index is 1080. The zero-order chi connectivity index (χ0) is 20.1. The van der Waals surface area contributed by atoms with Crippen LogP contribution in [0.3, 0.4) is 0 Å². The Kier molecular flexibility index (Phi) is 5.42. The Morgan fingerprint density at radius 3 is 2.52 bits per heavy atom. The number of aromatic nitrogens is 4. The lowest BCUT2D eigenvalue weighted by Gasteiger charge is -2.14. The smallest absolute Gasteiger partial charge is 0.237 e. The fraction of sp³-hybridized carbons (Fsp3) is 0.190. The van der Waals surface area contributed by atoms with Crippen LogP contribution in [0.2, 0.25) is 0 Å². The molecule has 0 aliphatic rings. The number of rotatable bonds is 8. The molecule has 0 saturated heterocycles. The van der Waals surface area contributed by atoms with E-state index in [4.69, 9.17) is 14.2 Å². The van der Waals surface area contributed by atoms with Crippen LogP contribution in [0.1, 0.15) is 0 Å². The second-order valence-electron chi connectivity index (χ2n) is 6.15. The van der Waals surface area contributed by atoms with Gasteiger partial charge in [0.1, 0.15) is 24.5 Å². The van der Waals surface area contributed by atoms with Gasteiger partial charge in [-0.05, 0) is 18.2 Å². The highest BCUT2D eigenvalue weighted by atomic mass is 16.5. The van der Waals surface area contributed by atoms with E-state index in [1.807, 2.05) is 42.5 Å². The molecule has 0 aliphatic heterocycles. The molecule has 0 fully saturated rings. The van der Waals surface area contributed by atoms with E-state index in [1.165, 1.54) is 0 Å². The fourth-order valence-electron chi connectivity index (χ4n) is 2.93. The molecule has 148 valence electrons. The highest BCUT2D eigenvalue weighted by Crippen LogP contribution is 2.34. The van der Waals surface area contributed by atoms with E-state index < -0.39 is 0 Å². The lowest BCUT2D eigenvalue weighted by molar-refractivity contribution is 0.333. The third kappa shape index (κ3) is 4.06. The van der Waals surface area contributed by atoms with Gasteiger partial charge in [-0.1, -0.05) is 18.2 Å². The van der Waals surface area contributed by atoms with Crippen LogP contribution in [0.25, 0.3) is 16.9 Å². The maximum Gasteiger partial charge on any atom is 0.237 e. The molecule has 2 aromatic heterocycles. The van der Waals surface area contributed by atoms with Gasteiger partial charge in [-0.25, -0.2) is 9.97 Å². The predicted octanol–water partition coefficient (Wildman–Crippen LogP) is 3.32. The molecule has 4 rings (SSSR count). The number of fused-ring (bicyclic) bond motifs is 1. The average Bonchev–Trinajstić information content (AvgIpc) is 3.31. The molecule has 0 aliphatic carbocycles. The summed E-state index contributed by atoms with van der Waals surface area (Å²) in [6.07, 6.45) is 5.14. The number of para-hydroxylation sites is 1. The summed E-state index contributed by atoms with van der Waals surface area (Å²) in [5, 5.41) is 4.17. The van der Waals surface area contributed by atoms with Crippen LogP contribution in [-0.4, -0.2) is 46.9 Å². The van der Waals surface area contributed by atoms with Crippen molar-refractivity contribution >= 4 is 16.7 Å². The van der Waals surface area contributed by atoms with Crippen LogP contribution >= 0.6 is 0 Å². The number of methoxy groups -OCH3 is 2. The van der Waals surface area contributed by atoms with Gasteiger partial charge >= 0.3 is 0 Å². The molecule has 0 bridgehead atoms. The minimum atomic E-state index is 0.489. The molecule has 8 heteroatoms. The van der Waals surface area contributed by atoms with E-state index in [0.29, 0.717) is 36.4 Å². The molecule has 2 aromatic carbocycles. The van der Waals surface area contributed by atoms with Crippen molar-refractivity contribution in [1.82, 2.24) is 19.5 Å². The molecular weight excluding hydrogens is 370 g/mol.